The largest absolute Gasteiger partial charge is 0.416 e. The molecule has 1 aromatic heterocycles. The molecule has 6 nitrogen and oxygen atoms in total. The number of hydrogen-bond donors (Lipinski definition) is 1. The highest BCUT2D eigenvalue weighted by atomic mass is 35.5. The number of ether oxygens (including phenoxy) is 1. The Balaban J connectivity index is 1.40. The molecule has 1 aliphatic heterocycles. The molecule has 1 amide bonds. The van der Waals surface area contributed by atoms with Crippen LogP contribution in [0.4, 0.5) is 13.2 Å². The van der Waals surface area contributed by atoms with E-state index in [9.17, 15) is 18.0 Å². The Kier molecular flexibility index (Phi) is 7.51. The number of halogens is 4. The predicted molar refractivity (Wildman–Crippen MR) is 135 cm³/mol. The van der Waals surface area contributed by atoms with E-state index >= 15 is 0 Å². The van der Waals surface area contributed by atoms with Crippen LogP contribution in [0.5, 0.6) is 0 Å². The highest BCUT2D eigenvalue weighted by molar-refractivity contribution is 7.99. The van der Waals surface area contributed by atoms with Crippen molar-refractivity contribution in [1.29, 1.82) is 0 Å². The second kappa shape index (κ2) is 10.7. The highest BCUT2D eigenvalue weighted by Crippen LogP contribution is 2.44. The molecule has 0 radical (unpaired) electrons. The van der Waals surface area contributed by atoms with Gasteiger partial charge in [0, 0.05) is 17.4 Å². The fourth-order valence-corrected chi connectivity index (χ4v) is 5.97. The van der Waals surface area contributed by atoms with Crippen molar-refractivity contribution < 1.29 is 22.7 Å². The molecular weight excluding hydrogens is 525 g/mol. The minimum atomic E-state index is -4.49. The van der Waals surface area contributed by atoms with Crippen LogP contribution in [0.25, 0.3) is 5.69 Å². The van der Waals surface area contributed by atoms with Gasteiger partial charge in [0.05, 0.1) is 29.3 Å². The zero-order chi connectivity index (χ0) is 26.0. The van der Waals surface area contributed by atoms with E-state index in [1.165, 1.54) is 17.8 Å². The number of carbonyl (C=O) groups is 1. The molecule has 0 unspecified atom stereocenters. The Morgan fingerprint density at radius 3 is 2.59 bits per heavy atom. The van der Waals surface area contributed by atoms with Gasteiger partial charge >= 0.3 is 6.18 Å². The molecule has 3 aromatic rings. The molecule has 2 aromatic carbocycles. The first-order valence-corrected chi connectivity index (χ1v) is 13.5. The maximum absolute atomic E-state index is 13.5. The van der Waals surface area contributed by atoms with Crippen LogP contribution in [-0.2, 0) is 27.7 Å². The summed E-state index contributed by atoms with van der Waals surface area (Å²) in [5, 5.41) is 12.5. The van der Waals surface area contributed by atoms with E-state index in [2.05, 4.69) is 15.5 Å². The lowest BCUT2D eigenvalue weighted by atomic mass is 9.64. The van der Waals surface area contributed by atoms with Gasteiger partial charge in [-0.2, -0.15) is 13.2 Å². The van der Waals surface area contributed by atoms with E-state index in [4.69, 9.17) is 16.3 Å². The molecule has 1 N–H and O–H groups in total. The summed E-state index contributed by atoms with van der Waals surface area (Å²) in [6.45, 7) is 0.732. The third-order valence-corrected chi connectivity index (χ3v) is 8.31. The summed E-state index contributed by atoms with van der Waals surface area (Å²) in [5.41, 5.74) is -0.231. The third-order valence-electron chi connectivity index (χ3n) is 7.00. The van der Waals surface area contributed by atoms with Crippen LogP contribution >= 0.6 is 23.4 Å². The van der Waals surface area contributed by atoms with Crippen LogP contribution < -0.4 is 5.32 Å². The molecule has 2 aliphatic rings. The van der Waals surface area contributed by atoms with Crippen molar-refractivity contribution in [3.63, 3.8) is 0 Å². The molecule has 5 rings (SSSR count). The lowest BCUT2D eigenvalue weighted by Gasteiger charge is -2.40. The molecule has 1 atom stereocenters. The van der Waals surface area contributed by atoms with Crippen LogP contribution in [0.3, 0.4) is 0 Å². The number of rotatable bonds is 8. The smallest absolute Gasteiger partial charge is 0.377 e. The van der Waals surface area contributed by atoms with E-state index < -0.39 is 17.2 Å². The zero-order valence-electron chi connectivity index (χ0n) is 19.9. The first kappa shape index (κ1) is 26.1. The highest BCUT2D eigenvalue weighted by Gasteiger charge is 2.45. The van der Waals surface area contributed by atoms with Crippen LogP contribution in [0.15, 0.2) is 53.7 Å². The summed E-state index contributed by atoms with van der Waals surface area (Å²) in [5.74, 6) is 0.824. The van der Waals surface area contributed by atoms with Crippen LogP contribution in [-0.4, -0.2) is 39.1 Å². The van der Waals surface area contributed by atoms with Gasteiger partial charge in [0.1, 0.15) is 0 Å². The Hall–Kier alpha value is -2.56. The maximum Gasteiger partial charge on any atom is 0.416 e. The lowest BCUT2D eigenvalue weighted by Crippen LogP contribution is -2.49. The third kappa shape index (κ3) is 5.51. The average Bonchev–Trinajstić information content (AvgIpc) is 3.51. The predicted octanol–water partition coefficient (Wildman–Crippen LogP) is 5.95. The number of carbonyl (C=O) groups excluding carboxylic acids is 1. The van der Waals surface area contributed by atoms with E-state index in [1.807, 2.05) is 12.1 Å². The van der Waals surface area contributed by atoms with Crippen molar-refractivity contribution >= 4 is 29.3 Å². The second-order valence-corrected chi connectivity index (χ2v) is 10.8. The Morgan fingerprint density at radius 2 is 1.95 bits per heavy atom. The number of thioether (sulfide) groups is 1. The lowest BCUT2D eigenvalue weighted by molar-refractivity contribution is -0.137. The van der Waals surface area contributed by atoms with Crippen LogP contribution in [0, 0.1) is 0 Å². The standard InChI is InChI=1S/C26H26ClF3N4O2S/c27-19-9-7-17(8-10-19)25(11-3-12-25)23(35)31-15-22-32-33-24(37-16-21-6-2-13-36-21)34(22)20-5-1-4-18(14-20)26(28,29)30/h1,4-5,7-10,14,21H,2-3,6,11-13,15-16H2,(H,31,35)/t21-/m0/s1. The van der Waals surface area contributed by atoms with Gasteiger partial charge in [-0.15, -0.1) is 10.2 Å². The Bertz CT molecular complexity index is 1260. The number of alkyl halides is 3. The van der Waals surface area contributed by atoms with Gasteiger partial charge in [0.15, 0.2) is 11.0 Å². The molecule has 1 saturated carbocycles. The fraction of sp³-hybridized carbons (Fsp3) is 0.423. The summed E-state index contributed by atoms with van der Waals surface area (Å²) in [6, 6.07) is 12.3. The quantitative estimate of drug-likeness (QED) is 0.351. The van der Waals surface area contributed by atoms with Crippen molar-refractivity contribution in [2.45, 2.75) is 61.5 Å². The van der Waals surface area contributed by atoms with Gasteiger partial charge in [-0.3, -0.25) is 9.36 Å². The molecule has 2 fully saturated rings. The van der Waals surface area contributed by atoms with Gasteiger partial charge in [0.2, 0.25) is 5.91 Å². The summed E-state index contributed by atoms with van der Waals surface area (Å²) >= 11 is 7.41. The molecule has 0 bridgehead atoms. The van der Waals surface area contributed by atoms with Crippen molar-refractivity contribution in [2.24, 2.45) is 0 Å². The van der Waals surface area contributed by atoms with Crippen LogP contribution in [0.2, 0.25) is 5.02 Å². The van der Waals surface area contributed by atoms with Gasteiger partial charge in [-0.1, -0.05) is 48.0 Å². The first-order valence-electron chi connectivity index (χ1n) is 12.2. The van der Waals surface area contributed by atoms with Crippen molar-refractivity contribution in [2.75, 3.05) is 12.4 Å². The zero-order valence-corrected chi connectivity index (χ0v) is 21.5. The number of benzene rings is 2. The van der Waals surface area contributed by atoms with Gasteiger partial charge < -0.3 is 10.1 Å². The Labute approximate surface area is 221 Å². The molecule has 2 heterocycles. The number of hydrogen-bond acceptors (Lipinski definition) is 5. The first-order chi connectivity index (χ1) is 17.8. The molecular formula is C26H26ClF3N4O2S. The number of aromatic nitrogens is 3. The normalized spacial score (nSPS) is 19.0. The molecule has 1 saturated heterocycles. The fourth-order valence-electron chi connectivity index (χ4n) is 4.81. The maximum atomic E-state index is 13.5. The molecule has 1 aliphatic carbocycles. The van der Waals surface area contributed by atoms with Gasteiger partial charge in [-0.05, 0) is 61.6 Å². The van der Waals surface area contributed by atoms with E-state index in [0.29, 0.717) is 41.2 Å². The second-order valence-electron chi connectivity index (χ2n) is 9.35. The molecule has 37 heavy (non-hydrogen) atoms. The minimum absolute atomic E-state index is 0.0257. The number of amides is 1. The monoisotopic (exact) mass is 550 g/mol. The topological polar surface area (TPSA) is 69.0 Å². The SMILES string of the molecule is O=C(NCc1nnc(SC[C@@H]2CCCO2)n1-c1cccc(C(F)(F)F)c1)C1(c2ccc(Cl)cc2)CCC1. The number of nitrogens with zero attached hydrogens (tertiary/aromatic N) is 3. The summed E-state index contributed by atoms with van der Waals surface area (Å²) in [4.78, 5) is 13.4. The van der Waals surface area contributed by atoms with E-state index in [-0.39, 0.29) is 24.2 Å². The summed E-state index contributed by atoms with van der Waals surface area (Å²) < 4.78 is 47.6. The summed E-state index contributed by atoms with van der Waals surface area (Å²) in [7, 11) is 0. The number of nitrogens with one attached hydrogen (secondary N) is 1. The van der Waals surface area contributed by atoms with Crippen molar-refractivity contribution in [1.82, 2.24) is 20.1 Å². The minimum Gasteiger partial charge on any atom is -0.377 e. The van der Waals surface area contributed by atoms with Gasteiger partial charge in [0.25, 0.3) is 0 Å². The van der Waals surface area contributed by atoms with Crippen molar-refractivity contribution in [3.05, 3.63) is 70.5 Å². The summed E-state index contributed by atoms with van der Waals surface area (Å²) in [6.07, 6.45) is -0.151. The Morgan fingerprint density at radius 1 is 1.16 bits per heavy atom. The molecule has 0 spiro atoms. The molecule has 11 heteroatoms. The molecule has 196 valence electrons. The van der Waals surface area contributed by atoms with Gasteiger partial charge in [-0.25, -0.2) is 0 Å². The van der Waals surface area contributed by atoms with E-state index in [0.717, 1.165) is 37.0 Å². The van der Waals surface area contributed by atoms with E-state index in [1.54, 1.807) is 22.8 Å². The average molecular weight is 551 g/mol. The van der Waals surface area contributed by atoms with Crippen molar-refractivity contribution in [3.8, 4) is 5.69 Å². The van der Waals surface area contributed by atoms with Crippen LogP contribution in [0.1, 0.15) is 49.1 Å².